The first-order valence-electron chi connectivity index (χ1n) is 5.35. The summed E-state index contributed by atoms with van der Waals surface area (Å²) in [4.78, 5) is -0.00976. The largest absolute Gasteiger partial charge is 0.320 e. The lowest BCUT2D eigenvalue weighted by Crippen LogP contribution is -2.29. The number of rotatable bonds is 6. The Bertz CT molecular complexity index is 462. The van der Waals surface area contributed by atoms with Gasteiger partial charge in [0.25, 0.3) is 0 Å². The fourth-order valence-electron chi connectivity index (χ4n) is 1.41. The van der Waals surface area contributed by atoms with Crippen molar-refractivity contribution in [1.82, 2.24) is 9.62 Å². The molecule has 1 aromatic rings. The van der Waals surface area contributed by atoms with Crippen LogP contribution in [0.3, 0.4) is 0 Å². The molecule has 0 aliphatic rings. The molecular weight excluding hydrogens is 243 g/mol. The second-order valence-corrected chi connectivity index (χ2v) is 5.79. The smallest absolute Gasteiger partial charge is 0.242 e. The van der Waals surface area contributed by atoms with E-state index in [-0.39, 0.29) is 4.90 Å². The van der Waals surface area contributed by atoms with Gasteiger partial charge in [-0.25, -0.2) is 17.1 Å². The zero-order valence-electron chi connectivity index (χ0n) is 9.98. The monoisotopic (exact) mass is 260 g/mol. The second kappa shape index (κ2) is 6.09. The summed E-state index contributed by atoms with van der Waals surface area (Å²) in [6.07, 6.45) is 0.710. The Kier molecular flexibility index (Phi) is 5.04. The van der Waals surface area contributed by atoms with Gasteiger partial charge < -0.3 is 5.32 Å². The number of halogens is 1. The van der Waals surface area contributed by atoms with Crippen molar-refractivity contribution in [2.75, 3.05) is 27.2 Å². The van der Waals surface area contributed by atoms with Crippen molar-refractivity contribution in [1.29, 1.82) is 0 Å². The fraction of sp³-hybridized carbons (Fsp3) is 0.455. The van der Waals surface area contributed by atoms with E-state index in [4.69, 9.17) is 0 Å². The number of nitrogens with one attached hydrogen (secondary N) is 1. The highest BCUT2D eigenvalue weighted by molar-refractivity contribution is 7.89. The number of hydrogen-bond donors (Lipinski definition) is 1. The third-order valence-electron chi connectivity index (χ3n) is 2.40. The minimum atomic E-state index is -3.58. The second-order valence-electron chi connectivity index (χ2n) is 3.74. The predicted molar refractivity (Wildman–Crippen MR) is 64.8 cm³/mol. The van der Waals surface area contributed by atoms with E-state index < -0.39 is 15.8 Å². The van der Waals surface area contributed by atoms with E-state index in [1.54, 1.807) is 7.05 Å². The van der Waals surface area contributed by atoms with Crippen molar-refractivity contribution in [3.8, 4) is 0 Å². The molecule has 96 valence electrons. The molecular formula is C11H17FN2O2S. The van der Waals surface area contributed by atoms with Crippen LogP contribution < -0.4 is 5.32 Å². The van der Waals surface area contributed by atoms with Crippen LogP contribution in [0.5, 0.6) is 0 Å². The van der Waals surface area contributed by atoms with Gasteiger partial charge in [-0.1, -0.05) is 6.07 Å². The van der Waals surface area contributed by atoms with Gasteiger partial charge in [0.1, 0.15) is 5.82 Å². The zero-order chi connectivity index (χ0) is 12.9. The van der Waals surface area contributed by atoms with Crippen molar-refractivity contribution in [2.45, 2.75) is 11.3 Å². The topological polar surface area (TPSA) is 49.4 Å². The maximum Gasteiger partial charge on any atom is 0.242 e. The van der Waals surface area contributed by atoms with Gasteiger partial charge in [-0.05, 0) is 38.2 Å². The van der Waals surface area contributed by atoms with E-state index in [1.807, 2.05) is 0 Å². The number of benzene rings is 1. The highest BCUT2D eigenvalue weighted by Gasteiger charge is 2.20. The van der Waals surface area contributed by atoms with Gasteiger partial charge in [-0.3, -0.25) is 0 Å². The van der Waals surface area contributed by atoms with Crippen molar-refractivity contribution in [2.24, 2.45) is 0 Å². The highest BCUT2D eigenvalue weighted by atomic mass is 32.2. The molecule has 0 heterocycles. The lowest BCUT2D eigenvalue weighted by Gasteiger charge is -2.17. The normalized spacial score (nSPS) is 12.0. The van der Waals surface area contributed by atoms with Crippen LogP contribution in [0.15, 0.2) is 29.2 Å². The van der Waals surface area contributed by atoms with Crippen LogP contribution in [0, 0.1) is 5.82 Å². The maximum atomic E-state index is 13.0. The molecule has 4 nitrogen and oxygen atoms in total. The van der Waals surface area contributed by atoms with Gasteiger partial charge in [0.2, 0.25) is 10.0 Å². The lowest BCUT2D eigenvalue weighted by molar-refractivity contribution is 0.457. The molecule has 0 atom stereocenters. The Hall–Kier alpha value is -0.980. The van der Waals surface area contributed by atoms with E-state index in [1.165, 1.54) is 29.6 Å². The molecule has 0 aliphatic carbocycles. The van der Waals surface area contributed by atoms with Gasteiger partial charge in [0, 0.05) is 13.6 Å². The number of nitrogens with zero attached hydrogens (tertiary/aromatic N) is 1. The molecule has 0 radical (unpaired) electrons. The number of sulfonamides is 1. The Labute approximate surface area is 101 Å². The molecule has 0 amide bonds. The lowest BCUT2D eigenvalue weighted by atomic mass is 10.4. The fourth-order valence-corrected chi connectivity index (χ4v) is 2.65. The van der Waals surface area contributed by atoms with Gasteiger partial charge in [0.05, 0.1) is 4.90 Å². The molecule has 0 saturated carbocycles. The summed E-state index contributed by atoms with van der Waals surface area (Å²) in [5, 5.41) is 2.94. The van der Waals surface area contributed by atoms with Crippen molar-refractivity contribution >= 4 is 10.0 Å². The molecule has 6 heteroatoms. The van der Waals surface area contributed by atoms with Crippen LogP contribution in [-0.2, 0) is 10.0 Å². The summed E-state index contributed by atoms with van der Waals surface area (Å²) in [6.45, 7) is 1.14. The van der Waals surface area contributed by atoms with E-state index in [0.717, 1.165) is 12.6 Å². The van der Waals surface area contributed by atoms with Crippen molar-refractivity contribution in [3.63, 3.8) is 0 Å². The third-order valence-corrected chi connectivity index (χ3v) is 4.26. The van der Waals surface area contributed by atoms with Crippen LogP contribution in [0.4, 0.5) is 4.39 Å². The Morgan fingerprint density at radius 2 is 2.12 bits per heavy atom. The Balaban J connectivity index is 2.80. The molecule has 1 rings (SSSR count). The van der Waals surface area contributed by atoms with Gasteiger partial charge >= 0.3 is 0 Å². The quantitative estimate of drug-likeness (QED) is 0.778. The Morgan fingerprint density at radius 1 is 1.41 bits per heavy atom. The summed E-state index contributed by atoms with van der Waals surface area (Å²) in [7, 11) is -0.274. The summed E-state index contributed by atoms with van der Waals surface area (Å²) >= 11 is 0. The molecule has 0 spiro atoms. The number of hydrogen-bond acceptors (Lipinski definition) is 3. The molecule has 1 N–H and O–H groups in total. The van der Waals surface area contributed by atoms with Crippen LogP contribution in [-0.4, -0.2) is 39.9 Å². The molecule has 0 aromatic heterocycles. The summed E-state index contributed by atoms with van der Waals surface area (Å²) in [6, 6.07) is 5.04. The van der Waals surface area contributed by atoms with E-state index >= 15 is 0 Å². The van der Waals surface area contributed by atoms with Crippen molar-refractivity contribution in [3.05, 3.63) is 30.1 Å². The van der Waals surface area contributed by atoms with Crippen LogP contribution >= 0.6 is 0 Å². The third kappa shape index (κ3) is 3.76. The first kappa shape index (κ1) is 14.1. The predicted octanol–water partition coefficient (Wildman–Crippen LogP) is 1.06. The summed E-state index contributed by atoms with van der Waals surface area (Å²) in [5.74, 6) is -0.547. The molecule has 0 unspecified atom stereocenters. The van der Waals surface area contributed by atoms with Crippen LogP contribution in [0.2, 0.25) is 0 Å². The molecule has 17 heavy (non-hydrogen) atoms. The van der Waals surface area contributed by atoms with Crippen LogP contribution in [0.25, 0.3) is 0 Å². The molecule has 0 saturated heterocycles. The van der Waals surface area contributed by atoms with Gasteiger partial charge in [-0.15, -0.1) is 0 Å². The minimum Gasteiger partial charge on any atom is -0.320 e. The SMILES string of the molecule is CNCCCN(C)S(=O)(=O)c1cccc(F)c1. The molecule has 0 bridgehead atoms. The van der Waals surface area contributed by atoms with E-state index in [0.29, 0.717) is 13.0 Å². The molecule has 0 fully saturated rings. The average molecular weight is 260 g/mol. The van der Waals surface area contributed by atoms with Crippen molar-refractivity contribution < 1.29 is 12.8 Å². The minimum absolute atomic E-state index is 0.00976. The Morgan fingerprint density at radius 3 is 2.71 bits per heavy atom. The average Bonchev–Trinajstić information content (AvgIpc) is 2.29. The standard InChI is InChI=1S/C11H17FN2O2S/c1-13-7-4-8-14(2)17(15,16)11-6-3-5-10(12)9-11/h3,5-6,9,13H,4,7-8H2,1-2H3. The summed E-state index contributed by atoms with van der Waals surface area (Å²) in [5.41, 5.74) is 0. The van der Waals surface area contributed by atoms with E-state index in [2.05, 4.69) is 5.32 Å². The van der Waals surface area contributed by atoms with Gasteiger partial charge in [0.15, 0.2) is 0 Å². The van der Waals surface area contributed by atoms with E-state index in [9.17, 15) is 12.8 Å². The molecule has 1 aromatic carbocycles. The molecule has 0 aliphatic heterocycles. The van der Waals surface area contributed by atoms with Gasteiger partial charge in [-0.2, -0.15) is 0 Å². The first-order valence-corrected chi connectivity index (χ1v) is 6.79. The summed E-state index contributed by atoms with van der Waals surface area (Å²) < 4.78 is 38.2. The maximum absolute atomic E-state index is 13.0. The highest BCUT2D eigenvalue weighted by Crippen LogP contribution is 2.15. The first-order chi connectivity index (χ1) is 7.98. The van der Waals surface area contributed by atoms with Crippen LogP contribution in [0.1, 0.15) is 6.42 Å². The zero-order valence-corrected chi connectivity index (χ0v) is 10.8.